The van der Waals surface area contributed by atoms with E-state index >= 15 is 0 Å². The van der Waals surface area contributed by atoms with Crippen LogP contribution in [0, 0.1) is 59.2 Å². The Labute approximate surface area is 142 Å². The van der Waals surface area contributed by atoms with E-state index in [-0.39, 0.29) is 36.0 Å². The monoisotopic (exact) mass is 330 g/mol. The molecule has 2 aliphatic heterocycles. The summed E-state index contributed by atoms with van der Waals surface area (Å²) in [6.07, 6.45) is 4.93. The van der Waals surface area contributed by atoms with Crippen LogP contribution in [0.2, 0.25) is 0 Å². The van der Waals surface area contributed by atoms with E-state index in [1.54, 1.807) is 0 Å². The summed E-state index contributed by atoms with van der Waals surface area (Å²) in [6, 6.07) is 0. The van der Waals surface area contributed by atoms with Gasteiger partial charge in [-0.2, -0.15) is 0 Å². The number of hydrogen-bond acceptors (Lipinski definition) is 4. The van der Waals surface area contributed by atoms with Crippen molar-refractivity contribution in [2.24, 2.45) is 59.2 Å². The van der Waals surface area contributed by atoms with Crippen molar-refractivity contribution in [1.29, 1.82) is 0 Å². The molecule has 0 N–H and O–H groups in total. The highest BCUT2D eigenvalue weighted by Gasteiger charge is 2.67. The van der Waals surface area contributed by atoms with E-state index in [4.69, 9.17) is 9.47 Å². The summed E-state index contributed by atoms with van der Waals surface area (Å²) >= 11 is 0. The molecule has 4 bridgehead atoms. The molecule has 9 unspecified atom stereocenters. The van der Waals surface area contributed by atoms with Gasteiger partial charge in [-0.3, -0.25) is 9.59 Å². The molecule has 0 amide bonds. The fourth-order valence-electron chi connectivity index (χ4n) is 8.22. The lowest BCUT2D eigenvalue weighted by atomic mass is 9.69. The van der Waals surface area contributed by atoms with Gasteiger partial charge in [0, 0.05) is 11.8 Å². The molecule has 130 valence electrons. The summed E-state index contributed by atoms with van der Waals surface area (Å²) in [5, 5.41) is 0. The molecule has 4 aliphatic carbocycles. The summed E-state index contributed by atoms with van der Waals surface area (Å²) < 4.78 is 11.6. The van der Waals surface area contributed by atoms with Crippen LogP contribution in [0.4, 0.5) is 0 Å². The Morgan fingerprint density at radius 2 is 1.54 bits per heavy atom. The maximum Gasteiger partial charge on any atom is 0.309 e. The summed E-state index contributed by atoms with van der Waals surface area (Å²) in [4.78, 5) is 24.7. The zero-order valence-corrected chi connectivity index (χ0v) is 14.4. The smallest absolute Gasteiger partial charge is 0.309 e. The molecule has 4 heteroatoms. The van der Waals surface area contributed by atoms with Crippen molar-refractivity contribution in [3.05, 3.63) is 0 Å². The van der Waals surface area contributed by atoms with E-state index in [0.717, 1.165) is 6.42 Å². The van der Waals surface area contributed by atoms with Crippen molar-refractivity contribution < 1.29 is 19.1 Å². The van der Waals surface area contributed by atoms with Crippen LogP contribution in [-0.4, -0.2) is 24.1 Å². The van der Waals surface area contributed by atoms with Crippen LogP contribution in [0.1, 0.15) is 39.5 Å². The second-order valence-corrected chi connectivity index (χ2v) is 9.71. The lowest BCUT2D eigenvalue weighted by Crippen LogP contribution is -2.36. The largest absolute Gasteiger partial charge is 0.462 e. The molecule has 6 fully saturated rings. The van der Waals surface area contributed by atoms with Gasteiger partial charge in [0.25, 0.3) is 0 Å². The predicted octanol–water partition coefficient (Wildman–Crippen LogP) is 2.65. The number of rotatable bonds is 2. The second-order valence-electron chi connectivity index (χ2n) is 9.71. The number of esters is 2. The van der Waals surface area contributed by atoms with Crippen molar-refractivity contribution in [3.63, 3.8) is 0 Å². The van der Waals surface area contributed by atoms with Crippen LogP contribution in [0.15, 0.2) is 0 Å². The summed E-state index contributed by atoms with van der Waals surface area (Å²) in [5.74, 6) is 4.61. The molecule has 24 heavy (non-hydrogen) atoms. The first-order valence-electron chi connectivity index (χ1n) is 9.95. The van der Waals surface area contributed by atoms with Gasteiger partial charge in [-0.1, -0.05) is 13.8 Å². The third-order valence-electron chi connectivity index (χ3n) is 9.00. The van der Waals surface area contributed by atoms with Gasteiger partial charge in [0.2, 0.25) is 0 Å². The number of fused-ring (bicyclic) bond motifs is 2. The Bertz CT molecular complexity index is 627. The molecule has 0 aromatic heterocycles. The first kappa shape index (κ1) is 14.1. The van der Waals surface area contributed by atoms with E-state index < -0.39 is 0 Å². The Kier molecular flexibility index (Phi) is 2.57. The summed E-state index contributed by atoms with van der Waals surface area (Å²) in [6.45, 7) is 4.51. The van der Waals surface area contributed by atoms with Crippen molar-refractivity contribution in [2.75, 3.05) is 0 Å². The van der Waals surface area contributed by atoms with Gasteiger partial charge < -0.3 is 9.47 Å². The van der Waals surface area contributed by atoms with Crippen LogP contribution in [0.3, 0.4) is 0 Å². The van der Waals surface area contributed by atoms with Crippen molar-refractivity contribution in [2.45, 2.75) is 51.7 Å². The molecular weight excluding hydrogens is 304 g/mol. The zero-order valence-electron chi connectivity index (χ0n) is 14.4. The van der Waals surface area contributed by atoms with Gasteiger partial charge in [0.15, 0.2) is 0 Å². The molecule has 12 atom stereocenters. The highest BCUT2D eigenvalue weighted by atomic mass is 16.6. The van der Waals surface area contributed by atoms with Gasteiger partial charge >= 0.3 is 11.9 Å². The van der Waals surface area contributed by atoms with Gasteiger partial charge in [0.05, 0.1) is 11.8 Å². The van der Waals surface area contributed by atoms with Gasteiger partial charge in [0.1, 0.15) is 12.2 Å². The Morgan fingerprint density at radius 1 is 0.833 bits per heavy atom. The normalized spacial score (nSPS) is 62.2. The van der Waals surface area contributed by atoms with E-state index in [0.29, 0.717) is 47.3 Å². The molecule has 4 nitrogen and oxygen atoms in total. The molecule has 6 aliphatic rings. The molecule has 4 saturated carbocycles. The first-order valence-corrected chi connectivity index (χ1v) is 9.95. The third-order valence-corrected chi connectivity index (χ3v) is 9.00. The fraction of sp³-hybridized carbons (Fsp3) is 0.900. The van der Waals surface area contributed by atoms with Crippen molar-refractivity contribution in [1.82, 2.24) is 0 Å². The maximum atomic E-state index is 12.4. The number of ether oxygens (including phenoxy) is 2. The minimum absolute atomic E-state index is 0.0577. The van der Waals surface area contributed by atoms with Gasteiger partial charge in [-0.05, 0) is 61.2 Å². The first-order chi connectivity index (χ1) is 11.5. The Hall–Kier alpha value is -1.06. The maximum absolute atomic E-state index is 12.4. The number of carbonyl (C=O) groups is 2. The molecule has 0 aromatic rings. The lowest BCUT2D eigenvalue weighted by Gasteiger charge is -2.35. The summed E-state index contributed by atoms with van der Waals surface area (Å²) in [7, 11) is 0. The van der Waals surface area contributed by atoms with Crippen LogP contribution < -0.4 is 0 Å². The zero-order chi connectivity index (χ0) is 16.3. The van der Waals surface area contributed by atoms with Crippen molar-refractivity contribution in [3.8, 4) is 0 Å². The average Bonchev–Trinajstić information content (AvgIpc) is 3.25. The van der Waals surface area contributed by atoms with E-state index in [1.807, 2.05) is 0 Å². The van der Waals surface area contributed by atoms with E-state index in [2.05, 4.69) is 13.8 Å². The standard InChI is InChI=1S/C20H26O4/c1-7-3-9-4-13-15(7)19(21)24-18(13)11(9)6-12-10-5-14-16(12)20(22)23-17(14)8(10)2/h7-18H,3-6H2,1-2H3/t7-,8+,9?,10?,11?,12-,13?,14?,15?,16?,17?,18?/m0/s1. The SMILES string of the molecule is C[C@H]1C2OC(=O)C3C2CC1[C@@H]3CC1C2CC3C1OC(=O)C3[C@@H](C)C2. The highest BCUT2D eigenvalue weighted by Crippen LogP contribution is 2.64. The Morgan fingerprint density at radius 3 is 2.38 bits per heavy atom. The minimum atomic E-state index is 0.0577. The molecular formula is C20H26O4. The third kappa shape index (κ3) is 1.48. The van der Waals surface area contributed by atoms with Crippen molar-refractivity contribution >= 4 is 11.9 Å². The van der Waals surface area contributed by atoms with Gasteiger partial charge in [-0.25, -0.2) is 0 Å². The molecule has 2 saturated heterocycles. The quantitative estimate of drug-likeness (QED) is 0.731. The summed E-state index contributed by atoms with van der Waals surface area (Å²) in [5.41, 5.74) is 0. The van der Waals surface area contributed by atoms with Crippen LogP contribution in [0.5, 0.6) is 0 Å². The van der Waals surface area contributed by atoms with Crippen LogP contribution in [0.25, 0.3) is 0 Å². The second kappa shape index (κ2) is 4.37. The lowest BCUT2D eigenvalue weighted by molar-refractivity contribution is -0.150. The molecule has 2 heterocycles. The fourth-order valence-corrected chi connectivity index (χ4v) is 8.22. The minimum Gasteiger partial charge on any atom is -0.462 e. The van der Waals surface area contributed by atoms with E-state index in [1.165, 1.54) is 19.3 Å². The Balaban J connectivity index is 1.31. The van der Waals surface area contributed by atoms with Crippen LogP contribution >= 0.6 is 0 Å². The number of hydrogen-bond donors (Lipinski definition) is 0. The molecule has 6 rings (SSSR count). The number of carbonyl (C=O) groups excluding carboxylic acids is 2. The topological polar surface area (TPSA) is 52.6 Å². The molecule has 0 spiro atoms. The highest BCUT2D eigenvalue weighted by molar-refractivity contribution is 5.77. The van der Waals surface area contributed by atoms with Crippen LogP contribution in [-0.2, 0) is 19.1 Å². The molecule has 0 radical (unpaired) electrons. The van der Waals surface area contributed by atoms with Gasteiger partial charge in [-0.15, -0.1) is 0 Å². The molecule has 0 aromatic carbocycles. The predicted molar refractivity (Wildman–Crippen MR) is 84.5 cm³/mol. The average molecular weight is 330 g/mol. The van der Waals surface area contributed by atoms with E-state index in [9.17, 15) is 9.59 Å².